The number of carbonyl (C=O) groups is 2. The summed E-state index contributed by atoms with van der Waals surface area (Å²) in [6.07, 6.45) is -4.50. The zero-order valence-corrected chi connectivity index (χ0v) is 19.0. The number of methoxy groups -OCH3 is 1. The fraction of sp³-hybridized carbons (Fsp3) is 0.440. The number of piperidine rings is 2. The van der Waals surface area contributed by atoms with Crippen molar-refractivity contribution in [3.05, 3.63) is 71.3 Å². The Morgan fingerprint density at radius 3 is 2.29 bits per heavy atom. The number of halogens is 5. The van der Waals surface area contributed by atoms with E-state index in [0.29, 0.717) is 5.56 Å². The van der Waals surface area contributed by atoms with Gasteiger partial charge in [0.25, 0.3) is 11.5 Å². The molecule has 0 bridgehead atoms. The quantitative estimate of drug-likeness (QED) is 0.643. The highest BCUT2D eigenvalue weighted by atomic mass is 19.4. The molecule has 2 aromatic carbocycles. The first kappa shape index (κ1) is 25.1. The van der Waals surface area contributed by atoms with Crippen molar-refractivity contribution in [2.24, 2.45) is 5.41 Å². The smallest absolute Gasteiger partial charge is 0.356 e. The molecule has 10 heteroatoms. The van der Waals surface area contributed by atoms with Crippen molar-refractivity contribution >= 4 is 11.8 Å². The molecule has 1 N–H and O–H groups in total. The van der Waals surface area contributed by atoms with Gasteiger partial charge in [-0.2, -0.15) is 13.2 Å². The van der Waals surface area contributed by atoms with E-state index >= 15 is 0 Å². The number of carbonyl (C=O) groups excluding carboxylic acids is 2. The molecule has 2 heterocycles. The molecule has 0 unspecified atom stereocenters. The van der Waals surface area contributed by atoms with Gasteiger partial charge in [-0.1, -0.05) is 36.4 Å². The van der Waals surface area contributed by atoms with Crippen LogP contribution in [0, 0.1) is 17.0 Å². The lowest BCUT2D eigenvalue weighted by Crippen LogP contribution is -2.60. The van der Waals surface area contributed by atoms with E-state index in [2.05, 4.69) is 5.32 Å². The predicted octanol–water partition coefficient (Wildman–Crippen LogP) is 4.28. The fourth-order valence-electron chi connectivity index (χ4n) is 5.44. The van der Waals surface area contributed by atoms with Crippen LogP contribution in [0.1, 0.15) is 36.3 Å². The van der Waals surface area contributed by atoms with E-state index in [4.69, 9.17) is 4.74 Å². The van der Waals surface area contributed by atoms with E-state index in [1.54, 1.807) is 6.07 Å². The summed E-state index contributed by atoms with van der Waals surface area (Å²) in [5.74, 6) is -3.84. The van der Waals surface area contributed by atoms with Gasteiger partial charge in [0.1, 0.15) is 0 Å². The number of nitrogens with zero attached hydrogens (tertiary/aromatic N) is 1. The maximum absolute atomic E-state index is 14.3. The minimum atomic E-state index is -5.02. The summed E-state index contributed by atoms with van der Waals surface area (Å²) in [5.41, 5.74) is -3.70. The highest BCUT2D eigenvalue weighted by Gasteiger charge is 2.64. The Balaban J connectivity index is 1.63. The van der Waals surface area contributed by atoms with Crippen LogP contribution in [0.3, 0.4) is 0 Å². The van der Waals surface area contributed by atoms with Crippen molar-refractivity contribution in [3.8, 4) is 0 Å². The summed E-state index contributed by atoms with van der Waals surface area (Å²) < 4.78 is 75.3. The second kappa shape index (κ2) is 9.22. The van der Waals surface area contributed by atoms with Gasteiger partial charge in [0.15, 0.2) is 11.6 Å². The predicted molar refractivity (Wildman–Crippen MR) is 116 cm³/mol. The molecule has 4 rings (SSSR count). The molecular weight excluding hydrogens is 471 g/mol. The molecule has 1 spiro atoms. The molecule has 0 aromatic heterocycles. The van der Waals surface area contributed by atoms with Crippen LogP contribution in [0.5, 0.6) is 0 Å². The van der Waals surface area contributed by atoms with E-state index in [1.165, 1.54) is 30.3 Å². The highest BCUT2D eigenvalue weighted by Crippen LogP contribution is 2.50. The van der Waals surface area contributed by atoms with Gasteiger partial charge in [0, 0.05) is 44.6 Å². The zero-order chi connectivity index (χ0) is 25.4. The summed E-state index contributed by atoms with van der Waals surface area (Å²) in [6, 6.07) is 10.3. The van der Waals surface area contributed by atoms with Crippen LogP contribution in [0.15, 0.2) is 48.5 Å². The normalized spacial score (nSPS) is 21.9. The zero-order valence-electron chi connectivity index (χ0n) is 19.0. The third-order valence-electron chi connectivity index (χ3n) is 7.33. The van der Waals surface area contributed by atoms with Gasteiger partial charge in [0.05, 0.1) is 0 Å². The maximum atomic E-state index is 14.3. The van der Waals surface area contributed by atoms with Crippen LogP contribution in [0.25, 0.3) is 0 Å². The van der Waals surface area contributed by atoms with Crippen molar-refractivity contribution in [2.75, 3.05) is 26.7 Å². The first-order chi connectivity index (χ1) is 16.5. The highest BCUT2D eigenvalue weighted by molar-refractivity contribution is 5.88. The SMILES string of the molecule is CO[C@@](C(=O)N1CCC2(CC1)CC(=O)NC[C@H]2c1ccc(F)c(F)c1)(c1ccccc1)C(F)(F)F. The lowest BCUT2D eigenvalue weighted by atomic mass is 9.62. The molecule has 2 saturated heterocycles. The van der Waals surface area contributed by atoms with Crippen LogP contribution >= 0.6 is 0 Å². The minimum Gasteiger partial charge on any atom is -0.356 e. The van der Waals surface area contributed by atoms with Gasteiger partial charge in [-0.3, -0.25) is 9.59 Å². The standard InChI is InChI=1S/C25H25F5N2O3/c1-35-24(25(28,29)30,17-5-3-2-4-6-17)22(34)32-11-9-23(10-12-32)14-21(33)31-15-18(23)16-7-8-19(26)20(27)13-16/h2-8,13,18H,9-12,14-15H2,1H3,(H,31,33)/t18-,24+/m0/s1. The Morgan fingerprint density at radius 1 is 1.06 bits per heavy atom. The molecule has 2 fully saturated rings. The van der Waals surface area contributed by atoms with Crippen LogP contribution < -0.4 is 5.32 Å². The summed E-state index contributed by atoms with van der Waals surface area (Å²) in [5, 5.41) is 2.74. The molecule has 2 aromatic rings. The van der Waals surface area contributed by atoms with Crippen LogP contribution in [0.2, 0.25) is 0 Å². The van der Waals surface area contributed by atoms with E-state index in [1.807, 2.05) is 0 Å². The Bertz CT molecular complexity index is 1100. The van der Waals surface area contributed by atoms with Crippen molar-refractivity contribution in [1.82, 2.24) is 10.2 Å². The summed E-state index contributed by atoms with van der Waals surface area (Å²) in [4.78, 5) is 26.8. The number of hydrogen-bond acceptors (Lipinski definition) is 3. The molecule has 2 aliphatic heterocycles. The van der Waals surface area contributed by atoms with Gasteiger partial charge < -0.3 is 15.0 Å². The largest absolute Gasteiger partial charge is 0.430 e. The number of benzene rings is 2. The Hall–Kier alpha value is -3.01. The first-order valence-electron chi connectivity index (χ1n) is 11.2. The molecule has 35 heavy (non-hydrogen) atoms. The van der Waals surface area contributed by atoms with Crippen LogP contribution in [-0.2, 0) is 19.9 Å². The number of nitrogens with one attached hydrogen (secondary N) is 1. The number of amides is 2. The Morgan fingerprint density at radius 2 is 1.71 bits per heavy atom. The molecule has 5 nitrogen and oxygen atoms in total. The lowest BCUT2D eigenvalue weighted by molar-refractivity contribution is -0.271. The fourth-order valence-corrected chi connectivity index (χ4v) is 5.44. The summed E-state index contributed by atoms with van der Waals surface area (Å²) >= 11 is 0. The van der Waals surface area contributed by atoms with Crippen molar-refractivity contribution in [2.45, 2.75) is 37.0 Å². The third kappa shape index (κ3) is 4.28. The van der Waals surface area contributed by atoms with Gasteiger partial charge in [-0.05, 0) is 36.0 Å². The number of ether oxygens (including phenoxy) is 1. The molecule has 0 saturated carbocycles. The molecule has 2 amide bonds. The molecule has 2 aliphatic rings. The van der Waals surface area contributed by atoms with Gasteiger partial charge >= 0.3 is 6.18 Å². The number of rotatable bonds is 4. The average molecular weight is 496 g/mol. The summed E-state index contributed by atoms with van der Waals surface area (Å²) in [7, 11) is 0.856. The van der Waals surface area contributed by atoms with E-state index in [9.17, 15) is 31.5 Å². The molecular formula is C25H25F5N2O3. The molecule has 2 atom stereocenters. The van der Waals surface area contributed by atoms with E-state index in [0.717, 1.165) is 24.1 Å². The van der Waals surface area contributed by atoms with Gasteiger partial charge in [-0.25, -0.2) is 8.78 Å². The van der Waals surface area contributed by atoms with Crippen molar-refractivity contribution in [3.63, 3.8) is 0 Å². The van der Waals surface area contributed by atoms with E-state index in [-0.39, 0.29) is 56.3 Å². The van der Waals surface area contributed by atoms with E-state index < -0.39 is 34.7 Å². The van der Waals surface area contributed by atoms with Gasteiger partial charge in [-0.15, -0.1) is 0 Å². The average Bonchev–Trinajstić information content (AvgIpc) is 2.82. The lowest BCUT2D eigenvalue weighted by Gasteiger charge is -2.50. The number of alkyl halides is 3. The van der Waals surface area contributed by atoms with Gasteiger partial charge in [0.2, 0.25) is 5.91 Å². The molecule has 0 radical (unpaired) electrons. The van der Waals surface area contributed by atoms with Crippen LogP contribution in [0.4, 0.5) is 22.0 Å². The molecule has 0 aliphatic carbocycles. The van der Waals surface area contributed by atoms with Crippen molar-refractivity contribution in [1.29, 1.82) is 0 Å². The monoisotopic (exact) mass is 496 g/mol. The summed E-state index contributed by atoms with van der Waals surface area (Å²) in [6.45, 7) is 0.104. The van der Waals surface area contributed by atoms with Crippen LogP contribution in [-0.4, -0.2) is 49.6 Å². The third-order valence-corrected chi connectivity index (χ3v) is 7.33. The molecule has 188 valence electrons. The maximum Gasteiger partial charge on any atom is 0.430 e. The van der Waals surface area contributed by atoms with Crippen molar-refractivity contribution < 1.29 is 36.3 Å². The topological polar surface area (TPSA) is 58.6 Å². The number of likely N-dealkylation sites (tertiary alicyclic amines) is 1. The number of hydrogen-bond donors (Lipinski definition) is 1. The Kier molecular flexibility index (Phi) is 6.61. The Labute approximate surface area is 199 Å². The first-order valence-corrected chi connectivity index (χ1v) is 11.2. The second-order valence-corrected chi connectivity index (χ2v) is 9.11. The second-order valence-electron chi connectivity index (χ2n) is 9.11. The minimum absolute atomic E-state index is 0.0414.